The average Bonchev–Trinajstić information content (AvgIpc) is 2.51. The predicted octanol–water partition coefficient (Wildman–Crippen LogP) is 3.71. The maximum atomic E-state index is 13.2. The largest absolute Gasteiger partial charge is 0.380 e. The highest BCUT2D eigenvalue weighted by Crippen LogP contribution is 2.20. The molecular formula is C17H18F2N4. The Morgan fingerprint density at radius 2 is 2.13 bits per heavy atom. The van der Waals surface area contributed by atoms with Crippen molar-refractivity contribution < 1.29 is 8.78 Å². The first kappa shape index (κ1) is 16.6. The van der Waals surface area contributed by atoms with E-state index in [9.17, 15) is 8.78 Å². The van der Waals surface area contributed by atoms with Crippen LogP contribution in [0.3, 0.4) is 0 Å². The monoisotopic (exact) mass is 316 g/mol. The standard InChI is InChI=1S/C17H18F2N4/c1-5-21-23-11(2)8-17(22-13(23)4)12(3)20-10-14-6-7-15(18)16(19)9-14/h5-9,20H,3-4,10H2,1-2H3/b21-5-. The molecular weight excluding hydrogens is 298 g/mol. The molecule has 1 aromatic carbocycles. The van der Waals surface area contributed by atoms with Gasteiger partial charge in [0.05, 0.1) is 11.4 Å². The van der Waals surface area contributed by atoms with E-state index in [4.69, 9.17) is 0 Å². The Labute approximate surface area is 134 Å². The van der Waals surface area contributed by atoms with Crippen LogP contribution in [0.25, 0.3) is 0 Å². The molecule has 0 fully saturated rings. The fourth-order valence-corrected chi connectivity index (χ4v) is 2.06. The Morgan fingerprint density at radius 3 is 2.74 bits per heavy atom. The molecule has 0 unspecified atom stereocenters. The lowest BCUT2D eigenvalue weighted by Crippen LogP contribution is -2.24. The Kier molecular flexibility index (Phi) is 5.05. The zero-order chi connectivity index (χ0) is 17.0. The van der Waals surface area contributed by atoms with E-state index in [2.05, 4.69) is 28.6 Å². The van der Waals surface area contributed by atoms with Crippen LogP contribution in [0.5, 0.6) is 0 Å². The molecule has 1 N–H and O–H groups in total. The summed E-state index contributed by atoms with van der Waals surface area (Å²) in [7, 11) is 0. The van der Waals surface area contributed by atoms with E-state index < -0.39 is 11.6 Å². The van der Waals surface area contributed by atoms with Gasteiger partial charge in [0, 0.05) is 18.5 Å². The van der Waals surface area contributed by atoms with Gasteiger partial charge < -0.3 is 5.32 Å². The summed E-state index contributed by atoms with van der Waals surface area (Å²) in [6.45, 7) is 11.8. The van der Waals surface area contributed by atoms with Crippen molar-refractivity contribution in [2.24, 2.45) is 10.1 Å². The number of nitrogens with zero attached hydrogens (tertiary/aromatic N) is 3. The lowest BCUT2D eigenvalue weighted by atomic mass is 10.2. The van der Waals surface area contributed by atoms with Crippen molar-refractivity contribution in [3.05, 3.63) is 71.8 Å². The minimum atomic E-state index is -0.873. The lowest BCUT2D eigenvalue weighted by molar-refractivity contribution is 0.451. The van der Waals surface area contributed by atoms with Crippen molar-refractivity contribution in [1.82, 2.24) is 10.3 Å². The number of hydrazone groups is 1. The van der Waals surface area contributed by atoms with Crippen LogP contribution in [0.2, 0.25) is 0 Å². The van der Waals surface area contributed by atoms with Crippen molar-refractivity contribution in [3.63, 3.8) is 0 Å². The molecule has 0 spiro atoms. The van der Waals surface area contributed by atoms with Crippen LogP contribution in [0.1, 0.15) is 19.4 Å². The summed E-state index contributed by atoms with van der Waals surface area (Å²) in [5, 5.41) is 8.82. The summed E-state index contributed by atoms with van der Waals surface area (Å²) in [6.07, 6.45) is 3.47. The van der Waals surface area contributed by atoms with Gasteiger partial charge in [-0.15, -0.1) is 0 Å². The number of allylic oxidation sites excluding steroid dienone is 2. The van der Waals surface area contributed by atoms with Gasteiger partial charge >= 0.3 is 0 Å². The van der Waals surface area contributed by atoms with E-state index in [0.29, 0.717) is 29.3 Å². The number of hydrogen-bond donors (Lipinski definition) is 1. The maximum Gasteiger partial charge on any atom is 0.159 e. The number of aliphatic imine (C=N–C) groups is 1. The van der Waals surface area contributed by atoms with Gasteiger partial charge in [-0.05, 0) is 37.6 Å². The molecule has 4 nitrogen and oxygen atoms in total. The predicted molar refractivity (Wildman–Crippen MR) is 88.7 cm³/mol. The first-order chi connectivity index (χ1) is 10.9. The molecule has 1 aliphatic heterocycles. The highest BCUT2D eigenvalue weighted by Gasteiger charge is 2.16. The zero-order valence-corrected chi connectivity index (χ0v) is 13.1. The summed E-state index contributed by atoms with van der Waals surface area (Å²) < 4.78 is 26.1. The molecule has 1 aliphatic rings. The molecule has 23 heavy (non-hydrogen) atoms. The smallest absolute Gasteiger partial charge is 0.159 e. The molecule has 0 bridgehead atoms. The maximum absolute atomic E-state index is 13.2. The lowest BCUT2D eigenvalue weighted by Gasteiger charge is -2.24. The molecule has 0 atom stereocenters. The van der Waals surface area contributed by atoms with Crippen LogP contribution in [0.4, 0.5) is 8.78 Å². The van der Waals surface area contributed by atoms with Gasteiger partial charge in [-0.25, -0.2) is 18.8 Å². The van der Waals surface area contributed by atoms with Gasteiger partial charge in [-0.2, -0.15) is 5.10 Å². The SMILES string of the molecule is C=C(NCc1ccc(F)c(F)c1)C1=NC(=C)N(/N=C\C)C(C)=C1. The number of halogens is 2. The molecule has 0 amide bonds. The van der Waals surface area contributed by atoms with Crippen molar-refractivity contribution in [3.8, 4) is 0 Å². The third-order valence-electron chi connectivity index (χ3n) is 3.20. The van der Waals surface area contributed by atoms with Crippen LogP contribution >= 0.6 is 0 Å². The van der Waals surface area contributed by atoms with Crippen LogP contribution < -0.4 is 5.32 Å². The molecule has 0 aromatic heterocycles. The van der Waals surface area contributed by atoms with Gasteiger partial charge in [0.25, 0.3) is 0 Å². The van der Waals surface area contributed by atoms with Crippen LogP contribution in [-0.2, 0) is 6.54 Å². The summed E-state index contributed by atoms with van der Waals surface area (Å²) in [6, 6.07) is 3.76. The molecule has 1 aromatic rings. The number of rotatable bonds is 5. The highest BCUT2D eigenvalue weighted by atomic mass is 19.2. The van der Waals surface area contributed by atoms with Crippen molar-refractivity contribution in [2.75, 3.05) is 0 Å². The van der Waals surface area contributed by atoms with E-state index in [1.165, 1.54) is 6.07 Å². The number of benzene rings is 1. The molecule has 120 valence electrons. The second kappa shape index (κ2) is 7.00. The normalized spacial score (nSPS) is 14.8. The van der Waals surface area contributed by atoms with Crippen LogP contribution in [0.15, 0.2) is 64.7 Å². The summed E-state index contributed by atoms with van der Waals surface area (Å²) >= 11 is 0. The molecule has 6 heteroatoms. The van der Waals surface area contributed by atoms with E-state index in [1.54, 1.807) is 11.2 Å². The molecule has 2 rings (SSSR count). The van der Waals surface area contributed by atoms with Crippen LogP contribution in [0, 0.1) is 11.6 Å². The van der Waals surface area contributed by atoms with Crippen molar-refractivity contribution in [2.45, 2.75) is 20.4 Å². The summed E-state index contributed by atoms with van der Waals surface area (Å²) in [5.74, 6) is -1.26. The molecule has 0 aliphatic carbocycles. The number of nitrogens with one attached hydrogen (secondary N) is 1. The third kappa shape index (κ3) is 3.91. The van der Waals surface area contributed by atoms with Crippen molar-refractivity contribution in [1.29, 1.82) is 0 Å². The minimum Gasteiger partial charge on any atom is -0.380 e. The Bertz CT molecular complexity index is 732. The van der Waals surface area contributed by atoms with E-state index in [0.717, 1.165) is 17.8 Å². The Hall–Kier alpha value is -2.76. The molecule has 0 saturated heterocycles. The minimum absolute atomic E-state index is 0.311. The molecule has 0 saturated carbocycles. The Morgan fingerprint density at radius 1 is 1.39 bits per heavy atom. The van der Waals surface area contributed by atoms with Gasteiger partial charge in [-0.1, -0.05) is 19.2 Å². The van der Waals surface area contributed by atoms with Crippen molar-refractivity contribution >= 4 is 11.9 Å². The van der Waals surface area contributed by atoms with Gasteiger partial charge in [0.15, 0.2) is 11.6 Å². The van der Waals surface area contributed by atoms with Gasteiger partial charge in [0.1, 0.15) is 5.82 Å². The summed E-state index contributed by atoms with van der Waals surface area (Å²) in [4.78, 5) is 4.34. The Balaban J connectivity index is 2.05. The molecule has 1 heterocycles. The third-order valence-corrected chi connectivity index (χ3v) is 3.20. The quantitative estimate of drug-likeness (QED) is 0.841. The fraction of sp³-hybridized carbons (Fsp3) is 0.176. The van der Waals surface area contributed by atoms with E-state index in [1.807, 2.05) is 19.9 Å². The van der Waals surface area contributed by atoms with E-state index >= 15 is 0 Å². The van der Waals surface area contributed by atoms with Gasteiger partial charge in [-0.3, -0.25) is 0 Å². The molecule has 0 radical (unpaired) electrons. The highest BCUT2D eigenvalue weighted by molar-refractivity contribution is 6.08. The van der Waals surface area contributed by atoms with E-state index in [-0.39, 0.29) is 0 Å². The average molecular weight is 316 g/mol. The van der Waals surface area contributed by atoms with Gasteiger partial charge in [0.2, 0.25) is 0 Å². The second-order valence-electron chi connectivity index (χ2n) is 4.97. The second-order valence-corrected chi connectivity index (χ2v) is 4.97. The number of hydrogen-bond acceptors (Lipinski definition) is 4. The first-order valence-electron chi connectivity index (χ1n) is 7.04. The summed E-state index contributed by atoms with van der Waals surface area (Å²) in [5.41, 5.74) is 2.65. The topological polar surface area (TPSA) is 40.0 Å². The van der Waals surface area contributed by atoms with Crippen LogP contribution in [-0.4, -0.2) is 16.9 Å². The zero-order valence-electron chi connectivity index (χ0n) is 13.1. The fourth-order valence-electron chi connectivity index (χ4n) is 2.06. The first-order valence-corrected chi connectivity index (χ1v) is 7.04.